The van der Waals surface area contributed by atoms with Crippen molar-refractivity contribution in [1.82, 2.24) is 19.9 Å². The summed E-state index contributed by atoms with van der Waals surface area (Å²) in [6, 6.07) is 16.1. The zero-order chi connectivity index (χ0) is 34.7. The fourth-order valence-electron chi connectivity index (χ4n) is 4.87. The summed E-state index contributed by atoms with van der Waals surface area (Å²) in [5.41, 5.74) is 2.13. The van der Waals surface area contributed by atoms with Crippen LogP contribution in [0.5, 0.6) is 0 Å². The maximum Gasteiger partial charge on any atom is 0.251 e. The number of aromatic nitrogens is 1. The van der Waals surface area contributed by atoms with E-state index in [0.29, 0.717) is 29.6 Å². The Morgan fingerprint density at radius 3 is 2.42 bits per heavy atom. The molecule has 2 atom stereocenters. The number of hydrogen-bond donors (Lipinski definition) is 3. The fourth-order valence-corrected chi connectivity index (χ4v) is 5.48. The molecule has 1 aromatic heterocycles. The summed E-state index contributed by atoms with van der Waals surface area (Å²) < 4.78 is 21.2. The highest BCUT2D eigenvalue weighted by Gasteiger charge is 2.28. The van der Waals surface area contributed by atoms with Gasteiger partial charge in [-0.2, -0.15) is 0 Å². The number of amides is 3. The average molecular weight is 681 g/mol. The molecule has 2 aromatic carbocycles. The van der Waals surface area contributed by atoms with Crippen LogP contribution in [0.4, 0.5) is 4.39 Å². The molecule has 3 aromatic rings. The molecular weight excluding hydrogens is 631 g/mol. The maximum absolute atomic E-state index is 13.1. The number of carbonyl (C=O) groups excluding carboxylic acids is 3. The first-order valence-electron chi connectivity index (χ1n) is 16.7. The van der Waals surface area contributed by atoms with Crippen molar-refractivity contribution in [2.75, 3.05) is 13.2 Å². The number of nitrogens with one attached hydrogen (secondary N) is 3. The van der Waals surface area contributed by atoms with Crippen LogP contribution in [-0.4, -0.2) is 65.2 Å². The third-order valence-corrected chi connectivity index (χ3v) is 8.96. The molecule has 9 nitrogen and oxygen atoms in total. The molecule has 0 radical (unpaired) electrons. The van der Waals surface area contributed by atoms with Crippen molar-refractivity contribution in [3.63, 3.8) is 0 Å². The Morgan fingerprint density at radius 1 is 1.08 bits per heavy atom. The topological polar surface area (TPSA) is 121 Å². The van der Waals surface area contributed by atoms with Crippen LogP contribution in [0.3, 0.4) is 0 Å². The lowest BCUT2D eigenvalue weighted by molar-refractivity contribution is -0.143. The molecule has 11 heteroatoms. The predicted octanol–water partition coefficient (Wildman–Crippen LogP) is 6.53. The summed E-state index contributed by atoms with van der Waals surface area (Å²) in [6.45, 7) is 9.22. The van der Waals surface area contributed by atoms with E-state index in [2.05, 4.69) is 28.5 Å². The Bertz CT molecular complexity index is 1500. The van der Waals surface area contributed by atoms with Crippen molar-refractivity contribution >= 4 is 41.6 Å². The van der Waals surface area contributed by atoms with Crippen LogP contribution in [0, 0.1) is 5.82 Å². The van der Waals surface area contributed by atoms with Crippen molar-refractivity contribution in [1.29, 1.82) is 0 Å². The molecule has 3 aliphatic rings. The van der Waals surface area contributed by atoms with Gasteiger partial charge in [-0.25, -0.2) is 4.39 Å². The summed E-state index contributed by atoms with van der Waals surface area (Å²) in [4.78, 5) is 48.2. The lowest BCUT2D eigenvalue weighted by Gasteiger charge is -2.25. The molecular formula is C37H49FN4O5S. The van der Waals surface area contributed by atoms with Crippen molar-refractivity contribution in [3.05, 3.63) is 83.3 Å². The zero-order valence-corrected chi connectivity index (χ0v) is 28.8. The number of fused-ring (bicyclic) bond motifs is 1. The van der Waals surface area contributed by atoms with Gasteiger partial charge >= 0.3 is 0 Å². The van der Waals surface area contributed by atoms with Crippen molar-refractivity contribution in [2.24, 2.45) is 0 Å². The number of hydrogen-bond acceptors (Lipinski definition) is 6. The molecule has 3 N–H and O–H groups in total. The van der Waals surface area contributed by atoms with Crippen molar-refractivity contribution < 1.29 is 23.5 Å². The SMILES string of the molecule is C=CCCCCO[C@H](C)C(=O)N1CCCC1C.O=CNC1CC1.O=CNSC1CC1.O=c1cc(-c2ccccc2)[nH]c2ccc(F)cc12. The zero-order valence-electron chi connectivity index (χ0n) is 28.0. The van der Waals surface area contributed by atoms with E-state index in [1.165, 1.54) is 55.8 Å². The Labute approximate surface area is 287 Å². The van der Waals surface area contributed by atoms with E-state index in [4.69, 9.17) is 4.74 Å². The van der Waals surface area contributed by atoms with Crippen LogP contribution in [0.1, 0.15) is 71.6 Å². The normalized spacial score (nSPS) is 16.9. The fraction of sp³-hybridized carbons (Fsp3) is 0.459. The lowest BCUT2D eigenvalue weighted by atomic mass is 10.1. The van der Waals surface area contributed by atoms with E-state index < -0.39 is 5.82 Å². The molecule has 0 bridgehead atoms. The number of carbonyl (C=O) groups is 3. The number of likely N-dealkylation sites (tertiary alicyclic amines) is 1. The Hall–Kier alpha value is -3.96. The smallest absolute Gasteiger partial charge is 0.251 e. The van der Waals surface area contributed by atoms with Crippen LogP contribution >= 0.6 is 11.9 Å². The van der Waals surface area contributed by atoms with Gasteiger partial charge in [0.2, 0.25) is 12.8 Å². The quantitative estimate of drug-likeness (QED) is 0.0818. The largest absolute Gasteiger partial charge is 0.369 e. The summed E-state index contributed by atoms with van der Waals surface area (Å²) in [5.74, 6) is -0.251. The van der Waals surface area contributed by atoms with Gasteiger partial charge in [0, 0.05) is 53.1 Å². The standard InChI is InChI=1S/C15H10FNO.C14H25NO2.C4H7NOS.C4H7NO/c16-11-6-7-13-12(8-11)15(18)9-14(17-13)10-4-2-1-3-5-10;1-4-5-6-7-11-17-13(3)14(16)15-10-8-9-12(15)2;6-3-5-7-4-1-2-4;6-3-5-4-1-2-4/h1-9H,(H,17,18);4,12-13H,1,5-11H2,2-3H3;3-4H,1-2H2,(H,5,6);3-4H,1-2H2,(H,5,6)/t;12?,13-;;/m.1../s1. The van der Waals surface area contributed by atoms with Gasteiger partial charge in [-0.1, -0.05) is 36.4 Å². The first kappa shape index (κ1) is 38.5. The second kappa shape index (κ2) is 21.1. The van der Waals surface area contributed by atoms with Crippen LogP contribution in [0.15, 0.2) is 72.0 Å². The third-order valence-electron chi connectivity index (χ3n) is 7.92. The number of rotatable bonds is 13. The predicted molar refractivity (Wildman–Crippen MR) is 192 cm³/mol. The first-order valence-corrected chi connectivity index (χ1v) is 17.6. The summed E-state index contributed by atoms with van der Waals surface area (Å²) in [5, 5.41) is 3.74. The van der Waals surface area contributed by atoms with E-state index in [9.17, 15) is 23.6 Å². The summed E-state index contributed by atoms with van der Waals surface area (Å²) >= 11 is 1.52. The van der Waals surface area contributed by atoms with E-state index >= 15 is 0 Å². The van der Waals surface area contributed by atoms with E-state index in [1.807, 2.05) is 48.2 Å². The molecule has 3 amide bonds. The van der Waals surface area contributed by atoms with E-state index in [1.54, 1.807) is 6.07 Å². The summed E-state index contributed by atoms with van der Waals surface area (Å²) in [6.07, 6.45) is 13.4. The van der Waals surface area contributed by atoms with Crippen LogP contribution < -0.4 is 15.5 Å². The van der Waals surface area contributed by atoms with Gasteiger partial charge in [0.25, 0.3) is 5.91 Å². The highest BCUT2D eigenvalue weighted by molar-refractivity contribution is 7.98. The molecule has 1 aliphatic heterocycles. The number of halogens is 1. The van der Waals surface area contributed by atoms with Gasteiger partial charge in [-0.3, -0.25) is 19.2 Å². The molecule has 2 aliphatic carbocycles. The van der Waals surface area contributed by atoms with Crippen LogP contribution in [0.25, 0.3) is 22.2 Å². The second-order valence-corrected chi connectivity index (χ2v) is 13.2. The molecule has 260 valence electrons. The number of unbranched alkanes of at least 4 members (excludes halogenated alkanes) is 2. The van der Waals surface area contributed by atoms with Gasteiger partial charge < -0.3 is 24.7 Å². The van der Waals surface area contributed by atoms with Gasteiger partial charge in [-0.15, -0.1) is 6.58 Å². The minimum atomic E-state index is -0.402. The number of pyridine rings is 1. The average Bonchev–Trinajstić information content (AvgIpc) is 4.04. The highest BCUT2D eigenvalue weighted by atomic mass is 32.2. The minimum absolute atomic E-state index is 0.152. The highest BCUT2D eigenvalue weighted by Crippen LogP contribution is 2.31. The Morgan fingerprint density at radius 2 is 1.83 bits per heavy atom. The number of ether oxygens (including phenoxy) is 1. The van der Waals surface area contributed by atoms with Gasteiger partial charge in [0.05, 0.1) is 0 Å². The summed E-state index contributed by atoms with van der Waals surface area (Å²) in [7, 11) is 0. The Balaban J connectivity index is 0.000000191. The number of H-pyrrole nitrogens is 1. The molecule has 48 heavy (non-hydrogen) atoms. The minimum Gasteiger partial charge on any atom is -0.369 e. The first-order chi connectivity index (χ1) is 23.3. The number of benzene rings is 2. The van der Waals surface area contributed by atoms with Crippen LogP contribution in [0.2, 0.25) is 0 Å². The molecule has 2 heterocycles. The van der Waals surface area contributed by atoms with E-state index in [-0.39, 0.29) is 17.4 Å². The third kappa shape index (κ3) is 14.0. The van der Waals surface area contributed by atoms with Gasteiger partial charge in [-0.05, 0) is 107 Å². The molecule has 1 saturated heterocycles. The number of nitrogens with zero attached hydrogens (tertiary/aromatic N) is 1. The number of aromatic amines is 1. The van der Waals surface area contributed by atoms with Gasteiger partial charge in [0.15, 0.2) is 5.43 Å². The lowest BCUT2D eigenvalue weighted by Crippen LogP contribution is -2.41. The number of allylic oxidation sites excluding steroid dienone is 1. The van der Waals surface area contributed by atoms with Crippen LogP contribution in [-0.2, 0) is 19.1 Å². The maximum atomic E-state index is 13.1. The molecule has 1 unspecified atom stereocenters. The van der Waals surface area contributed by atoms with Crippen molar-refractivity contribution in [3.8, 4) is 11.3 Å². The molecule has 6 rings (SSSR count). The van der Waals surface area contributed by atoms with Crippen molar-refractivity contribution in [2.45, 2.75) is 95.1 Å². The molecule has 3 fully saturated rings. The molecule has 2 saturated carbocycles. The van der Waals surface area contributed by atoms with Gasteiger partial charge in [0.1, 0.15) is 11.9 Å². The van der Waals surface area contributed by atoms with E-state index in [0.717, 1.165) is 68.0 Å². The Kier molecular flexibility index (Phi) is 16.9. The monoisotopic (exact) mass is 680 g/mol. The second-order valence-electron chi connectivity index (χ2n) is 12.0. The molecule has 0 spiro atoms.